The number of anilines is 1. The van der Waals surface area contributed by atoms with E-state index in [1.807, 2.05) is 0 Å². The van der Waals surface area contributed by atoms with E-state index in [4.69, 9.17) is 4.74 Å². The summed E-state index contributed by atoms with van der Waals surface area (Å²) in [5.74, 6) is -1.04. The number of rotatable bonds is 7. The third kappa shape index (κ3) is 5.81. The van der Waals surface area contributed by atoms with Crippen LogP contribution in [0, 0.1) is 10.1 Å². The fourth-order valence-corrected chi connectivity index (χ4v) is 2.01. The van der Waals surface area contributed by atoms with E-state index in [1.54, 1.807) is 24.3 Å². The Morgan fingerprint density at radius 3 is 2.56 bits per heavy atom. The highest BCUT2D eigenvalue weighted by molar-refractivity contribution is 6.03. The van der Waals surface area contributed by atoms with Crippen molar-refractivity contribution in [3.05, 3.63) is 58.1 Å². The predicted octanol–water partition coefficient (Wildman–Crippen LogP) is 1.79. The first kappa shape index (κ1) is 19.4. The lowest BCUT2D eigenvalue weighted by molar-refractivity contribution is -0.385. The zero-order valence-electron chi connectivity index (χ0n) is 14.2. The number of aromatic hydroxyl groups is 1. The molecule has 0 heterocycles. The molecule has 0 radical (unpaired) electrons. The molecule has 0 atom stereocenters. The SMILES string of the molecule is COc1ccc(NC(=O)CC(=O)NN=Cc2ccc(O)c([N+](=O)[O-])c2)cc1. The third-order valence-corrected chi connectivity index (χ3v) is 3.29. The number of benzene rings is 2. The molecular formula is C17H16N4O6. The summed E-state index contributed by atoms with van der Waals surface area (Å²) in [6.45, 7) is 0. The molecule has 0 fully saturated rings. The highest BCUT2D eigenvalue weighted by Gasteiger charge is 2.13. The Balaban J connectivity index is 1.86. The zero-order valence-corrected chi connectivity index (χ0v) is 14.2. The maximum Gasteiger partial charge on any atom is 0.311 e. The molecule has 10 nitrogen and oxygen atoms in total. The second kappa shape index (κ2) is 8.94. The zero-order chi connectivity index (χ0) is 19.8. The number of hydrogen-bond acceptors (Lipinski definition) is 7. The van der Waals surface area contributed by atoms with Gasteiger partial charge in [0.1, 0.15) is 12.2 Å². The molecule has 2 aromatic rings. The van der Waals surface area contributed by atoms with Gasteiger partial charge >= 0.3 is 5.69 Å². The van der Waals surface area contributed by atoms with E-state index in [2.05, 4.69) is 15.8 Å². The summed E-state index contributed by atoms with van der Waals surface area (Å²) in [6, 6.07) is 10.2. The van der Waals surface area contributed by atoms with Crippen LogP contribution in [0.2, 0.25) is 0 Å². The van der Waals surface area contributed by atoms with Gasteiger partial charge in [-0.25, -0.2) is 5.43 Å². The molecular weight excluding hydrogens is 356 g/mol. The molecule has 0 aliphatic carbocycles. The number of phenols is 1. The van der Waals surface area contributed by atoms with Crippen LogP contribution in [0.15, 0.2) is 47.6 Å². The summed E-state index contributed by atoms with van der Waals surface area (Å²) in [6.07, 6.45) is 0.699. The van der Waals surface area contributed by atoms with Crippen LogP contribution in [0.4, 0.5) is 11.4 Å². The number of phenolic OH excluding ortho intramolecular Hbond substituents is 1. The number of carbonyl (C=O) groups is 2. The Bertz CT molecular complexity index is 879. The highest BCUT2D eigenvalue weighted by Crippen LogP contribution is 2.25. The molecule has 0 saturated heterocycles. The smallest absolute Gasteiger partial charge is 0.311 e. The number of methoxy groups -OCH3 is 1. The minimum absolute atomic E-state index is 0.294. The Morgan fingerprint density at radius 1 is 1.22 bits per heavy atom. The molecule has 0 aromatic heterocycles. The van der Waals surface area contributed by atoms with Crippen molar-refractivity contribution in [1.29, 1.82) is 0 Å². The molecule has 2 amide bonds. The molecule has 0 unspecified atom stereocenters. The fraction of sp³-hybridized carbons (Fsp3) is 0.118. The van der Waals surface area contributed by atoms with Crippen LogP contribution in [0.3, 0.4) is 0 Å². The second-order valence-corrected chi connectivity index (χ2v) is 5.25. The lowest BCUT2D eigenvalue weighted by Crippen LogP contribution is -2.24. The summed E-state index contributed by atoms with van der Waals surface area (Å²) in [7, 11) is 1.52. The summed E-state index contributed by atoms with van der Waals surface area (Å²) < 4.78 is 5.00. The van der Waals surface area contributed by atoms with Gasteiger partial charge in [0.2, 0.25) is 11.8 Å². The minimum atomic E-state index is -0.741. The Kier molecular flexibility index (Phi) is 6.42. The predicted molar refractivity (Wildman–Crippen MR) is 96.7 cm³/mol. The average molecular weight is 372 g/mol. The average Bonchev–Trinajstić information content (AvgIpc) is 2.63. The molecule has 27 heavy (non-hydrogen) atoms. The minimum Gasteiger partial charge on any atom is -0.502 e. The Labute approximate surface area is 153 Å². The van der Waals surface area contributed by atoms with Gasteiger partial charge in [-0.1, -0.05) is 0 Å². The van der Waals surface area contributed by atoms with Gasteiger partial charge in [-0.3, -0.25) is 19.7 Å². The molecule has 0 bridgehead atoms. The summed E-state index contributed by atoms with van der Waals surface area (Å²) in [4.78, 5) is 33.5. The van der Waals surface area contributed by atoms with E-state index in [1.165, 1.54) is 13.2 Å². The first-order valence-corrected chi connectivity index (χ1v) is 7.62. The van der Waals surface area contributed by atoms with Gasteiger partial charge in [-0.15, -0.1) is 0 Å². The van der Waals surface area contributed by atoms with Gasteiger partial charge in [-0.05, 0) is 36.4 Å². The molecule has 0 spiro atoms. The van der Waals surface area contributed by atoms with E-state index in [0.717, 1.165) is 18.3 Å². The number of hydrogen-bond donors (Lipinski definition) is 3. The van der Waals surface area contributed by atoms with Crippen molar-refractivity contribution in [2.45, 2.75) is 6.42 Å². The fourth-order valence-electron chi connectivity index (χ4n) is 2.01. The van der Waals surface area contributed by atoms with Crippen LogP contribution < -0.4 is 15.5 Å². The van der Waals surface area contributed by atoms with Crippen LogP contribution in [0.25, 0.3) is 0 Å². The van der Waals surface area contributed by atoms with Gasteiger partial charge in [0.15, 0.2) is 5.75 Å². The number of nitrogens with one attached hydrogen (secondary N) is 2. The van der Waals surface area contributed by atoms with Crippen LogP contribution in [0.5, 0.6) is 11.5 Å². The monoisotopic (exact) mass is 372 g/mol. The van der Waals surface area contributed by atoms with Gasteiger partial charge in [-0.2, -0.15) is 5.10 Å². The lowest BCUT2D eigenvalue weighted by atomic mass is 10.2. The van der Waals surface area contributed by atoms with E-state index >= 15 is 0 Å². The van der Waals surface area contributed by atoms with Gasteiger partial charge in [0.05, 0.1) is 18.2 Å². The molecule has 3 N–H and O–H groups in total. The Hall–Kier alpha value is -3.95. The second-order valence-electron chi connectivity index (χ2n) is 5.25. The van der Waals surface area contributed by atoms with E-state index < -0.39 is 34.6 Å². The van der Waals surface area contributed by atoms with Gasteiger partial charge in [0.25, 0.3) is 0 Å². The molecule has 0 saturated carbocycles. The van der Waals surface area contributed by atoms with Crippen LogP contribution in [-0.4, -0.2) is 35.2 Å². The van der Waals surface area contributed by atoms with Crippen molar-refractivity contribution in [3.63, 3.8) is 0 Å². The number of ether oxygens (including phenoxy) is 1. The number of nitrogens with zero attached hydrogens (tertiary/aromatic N) is 2. The van der Waals surface area contributed by atoms with E-state index in [-0.39, 0.29) is 0 Å². The summed E-state index contributed by atoms with van der Waals surface area (Å²) in [5, 5.41) is 26.3. The maximum atomic E-state index is 11.8. The number of hydrazone groups is 1. The number of nitro groups is 1. The van der Waals surface area contributed by atoms with Crippen molar-refractivity contribution < 1.29 is 24.4 Å². The van der Waals surface area contributed by atoms with Gasteiger partial charge < -0.3 is 15.2 Å². The van der Waals surface area contributed by atoms with Crippen LogP contribution in [-0.2, 0) is 9.59 Å². The largest absolute Gasteiger partial charge is 0.502 e. The number of carbonyl (C=O) groups excluding carboxylic acids is 2. The van der Waals surface area contributed by atoms with Crippen molar-refractivity contribution in [3.8, 4) is 11.5 Å². The third-order valence-electron chi connectivity index (χ3n) is 3.29. The van der Waals surface area contributed by atoms with Gasteiger partial charge in [0, 0.05) is 17.3 Å². The standard InChI is InChI=1S/C17H16N4O6/c1-27-13-5-3-12(4-6-13)19-16(23)9-17(24)20-18-10-11-2-7-15(22)14(8-11)21(25)26/h2-8,10,22H,9H2,1H3,(H,19,23)(H,20,24). The summed E-state index contributed by atoms with van der Waals surface area (Å²) in [5.41, 5.74) is 2.47. The lowest BCUT2D eigenvalue weighted by Gasteiger charge is -2.05. The molecule has 0 aliphatic rings. The molecule has 2 rings (SSSR count). The van der Waals surface area contributed by atoms with Crippen LogP contribution >= 0.6 is 0 Å². The first-order chi connectivity index (χ1) is 12.9. The molecule has 140 valence electrons. The summed E-state index contributed by atoms with van der Waals surface area (Å²) >= 11 is 0. The van der Waals surface area contributed by atoms with Crippen molar-refractivity contribution >= 4 is 29.4 Å². The van der Waals surface area contributed by atoms with Crippen molar-refractivity contribution in [2.24, 2.45) is 5.10 Å². The molecule has 2 aromatic carbocycles. The van der Waals surface area contributed by atoms with Crippen LogP contribution in [0.1, 0.15) is 12.0 Å². The van der Waals surface area contributed by atoms with Crippen molar-refractivity contribution in [1.82, 2.24) is 5.43 Å². The molecule has 0 aliphatic heterocycles. The van der Waals surface area contributed by atoms with E-state index in [9.17, 15) is 24.8 Å². The Morgan fingerprint density at radius 2 is 1.93 bits per heavy atom. The number of nitro benzene ring substituents is 1. The topological polar surface area (TPSA) is 143 Å². The quantitative estimate of drug-likeness (QED) is 0.293. The number of amides is 2. The normalized spacial score (nSPS) is 10.4. The van der Waals surface area contributed by atoms with Crippen molar-refractivity contribution in [2.75, 3.05) is 12.4 Å². The maximum absolute atomic E-state index is 11.8. The molecule has 10 heteroatoms. The first-order valence-electron chi connectivity index (χ1n) is 7.62. The van der Waals surface area contributed by atoms with E-state index in [0.29, 0.717) is 17.0 Å². The highest BCUT2D eigenvalue weighted by atomic mass is 16.6.